The first-order valence-electron chi connectivity index (χ1n) is 13.2. The molecular weight excluding hydrogens is 508 g/mol. The Morgan fingerprint density at radius 3 is 2.55 bits per heavy atom. The van der Waals surface area contributed by atoms with Gasteiger partial charge in [0.1, 0.15) is 18.0 Å². The summed E-state index contributed by atoms with van der Waals surface area (Å²) in [6.07, 6.45) is 5.18. The number of likely N-dealkylation sites (tertiary alicyclic amines) is 1. The number of carbonyl (C=O) groups is 1. The van der Waals surface area contributed by atoms with Crippen molar-refractivity contribution < 1.29 is 14.6 Å². The number of aryl methyl sites for hydroxylation is 1. The molecule has 40 heavy (non-hydrogen) atoms. The third-order valence-corrected chi connectivity index (χ3v) is 7.23. The third kappa shape index (κ3) is 5.38. The number of aliphatic hydroxyl groups is 1. The highest BCUT2D eigenvalue weighted by atomic mass is 16.5. The van der Waals surface area contributed by atoms with Crippen LogP contribution in [0.15, 0.2) is 55.1 Å². The second-order valence-corrected chi connectivity index (χ2v) is 9.91. The van der Waals surface area contributed by atoms with E-state index in [4.69, 9.17) is 4.74 Å². The maximum Gasteiger partial charge on any atom is 0.184 e. The Morgan fingerprint density at radius 2 is 1.93 bits per heavy atom. The predicted molar refractivity (Wildman–Crippen MR) is 153 cm³/mol. The van der Waals surface area contributed by atoms with Crippen LogP contribution in [-0.4, -0.2) is 73.9 Å². The van der Waals surface area contributed by atoms with Gasteiger partial charge in [0.05, 0.1) is 35.7 Å². The summed E-state index contributed by atoms with van der Waals surface area (Å²) in [6, 6.07) is 11.7. The number of hydrogen-bond acceptors (Lipinski definition) is 10. The van der Waals surface area contributed by atoms with Crippen LogP contribution in [0.5, 0.6) is 5.75 Å². The molecule has 0 bridgehead atoms. The number of carbonyl (C=O) groups excluding carboxylic acids is 1. The first-order chi connectivity index (χ1) is 19.3. The van der Waals surface area contributed by atoms with Gasteiger partial charge in [-0.25, -0.2) is 15.0 Å². The normalized spacial score (nSPS) is 14.4. The van der Waals surface area contributed by atoms with Crippen molar-refractivity contribution in [2.75, 3.05) is 37.5 Å². The molecule has 11 nitrogen and oxygen atoms in total. The number of methoxy groups -OCH3 is 1. The first-order valence-corrected chi connectivity index (χ1v) is 13.2. The summed E-state index contributed by atoms with van der Waals surface area (Å²) in [6.45, 7) is 5.29. The van der Waals surface area contributed by atoms with E-state index in [1.165, 1.54) is 0 Å². The summed E-state index contributed by atoms with van der Waals surface area (Å²) in [5.74, 6) is 2.31. The van der Waals surface area contributed by atoms with Gasteiger partial charge >= 0.3 is 0 Å². The standard InChI is InChI=1S/C29H34N8O3/c1-6-25(39)22-14-31-27(33-26-11-10-19(13-30-26)18(2)37-15-20(38)16-37)12-24(22)36(4)23-9-7-8-21(28(23)40-5)29-32-17-35(3)34-29/h7-14,17-18,20,38H,6,15-16H2,1-5H3,(H,30,31,33)/t18-/m0/s1. The van der Waals surface area contributed by atoms with Gasteiger partial charge in [-0.1, -0.05) is 19.1 Å². The minimum absolute atomic E-state index is 0.0185. The van der Waals surface area contributed by atoms with E-state index in [0.29, 0.717) is 54.0 Å². The van der Waals surface area contributed by atoms with Crippen LogP contribution in [0.4, 0.5) is 23.0 Å². The molecule has 4 heterocycles. The monoisotopic (exact) mass is 542 g/mol. The zero-order valence-corrected chi connectivity index (χ0v) is 23.4. The molecule has 2 N–H and O–H groups in total. The quantitative estimate of drug-likeness (QED) is 0.283. The number of pyridine rings is 2. The van der Waals surface area contributed by atoms with Gasteiger partial charge < -0.3 is 20.1 Å². The average Bonchev–Trinajstić information content (AvgIpc) is 3.40. The van der Waals surface area contributed by atoms with Gasteiger partial charge in [-0.2, -0.15) is 5.10 Å². The van der Waals surface area contributed by atoms with Gasteiger partial charge in [-0.05, 0) is 30.7 Å². The molecule has 1 fully saturated rings. The molecule has 3 aromatic heterocycles. The fourth-order valence-electron chi connectivity index (χ4n) is 4.84. The highest BCUT2D eigenvalue weighted by Gasteiger charge is 2.29. The second-order valence-electron chi connectivity index (χ2n) is 9.91. The molecule has 11 heteroatoms. The summed E-state index contributed by atoms with van der Waals surface area (Å²) in [4.78, 5) is 30.5. The van der Waals surface area contributed by atoms with Crippen molar-refractivity contribution in [1.29, 1.82) is 0 Å². The molecule has 4 aromatic rings. The number of β-amino-alcohol motifs (C(OH)–C–C–N with tert-alkyl or cyclic N) is 1. The molecule has 0 amide bonds. The number of benzene rings is 1. The maximum absolute atomic E-state index is 12.9. The number of aromatic nitrogens is 5. The molecular formula is C29H34N8O3. The molecule has 0 radical (unpaired) electrons. The van der Waals surface area contributed by atoms with E-state index in [-0.39, 0.29) is 17.9 Å². The minimum Gasteiger partial charge on any atom is -0.494 e. The molecule has 208 valence electrons. The number of hydrogen-bond donors (Lipinski definition) is 2. The number of para-hydroxylation sites is 1. The summed E-state index contributed by atoms with van der Waals surface area (Å²) < 4.78 is 7.47. The molecule has 1 aliphatic rings. The van der Waals surface area contributed by atoms with E-state index in [2.05, 4.69) is 37.2 Å². The van der Waals surface area contributed by atoms with Gasteiger partial charge in [-0.3, -0.25) is 14.4 Å². The second kappa shape index (κ2) is 11.4. The molecule has 0 saturated carbocycles. The average molecular weight is 543 g/mol. The smallest absolute Gasteiger partial charge is 0.184 e. The lowest BCUT2D eigenvalue weighted by molar-refractivity contribution is -0.0212. The van der Waals surface area contributed by atoms with Crippen LogP contribution in [0.25, 0.3) is 11.4 Å². The van der Waals surface area contributed by atoms with E-state index < -0.39 is 0 Å². The van der Waals surface area contributed by atoms with E-state index >= 15 is 0 Å². The van der Waals surface area contributed by atoms with Crippen LogP contribution in [-0.2, 0) is 7.05 Å². The van der Waals surface area contributed by atoms with Crippen molar-refractivity contribution >= 4 is 28.8 Å². The minimum atomic E-state index is -0.244. The van der Waals surface area contributed by atoms with E-state index in [0.717, 1.165) is 16.8 Å². The summed E-state index contributed by atoms with van der Waals surface area (Å²) in [7, 11) is 5.31. The molecule has 0 unspecified atom stereocenters. The first kappa shape index (κ1) is 27.2. The van der Waals surface area contributed by atoms with Crippen molar-refractivity contribution in [1.82, 2.24) is 29.6 Å². The van der Waals surface area contributed by atoms with Crippen LogP contribution >= 0.6 is 0 Å². The number of aliphatic hydroxyl groups excluding tert-OH is 1. The third-order valence-electron chi connectivity index (χ3n) is 7.23. The van der Waals surface area contributed by atoms with Crippen molar-refractivity contribution in [2.24, 2.45) is 7.05 Å². The molecule has 0 spiro atoms. The Kier molecular flexibility index (Phi) is 7.76. The predicted octanol–water partition coefficient (Wildman–Crippen LogP) is 4.12. The fraction of sp³-hybridized carbons (Fsp3) is 0.345. The molecule has 1 saturated heterocycles. The van der Waals surface area contributed by atoms with Crippen LogP contribution in [0.1, 0.15) is 42.2 Å². The van der Waals surface area contributed by atoms with Crippen LogP contribution in [0, 0.1) is 0 Å². The SMILES string of the molecule is CCC(=O)c1cnc(Nc2ccc([C@H](C)N3CC(O)C3)cn2)cc1N(C)c1cccc(-c2ncn(C)n2)c1OC. The summed E-state index contributed by atoms with van der Waals surface area (Å²) in [5.41, 5.74) is 3.75. The van der Waals surface area contributed by atoms with E-state index in [9.17, 15) is 9.90 Å². The molecule has 1 atom stereocenters. The zero-order valence-electron chi connectivity index (χ0n) is 23.4. The molecule has 5 rings (SSSR count). The van der Waals surface area contributed by atoms with Crippen LogP contribution in [0.3, 0.4) is 0 Å². The Bertz CT molecular complexity index is 1500. The van der Waals surface area contributed by atoms with Gasteiger partial charge in [0.15, 0.2) is 17.4 Å². The Balaban J connectivity index is 1.45. The van der Waals surface area contributed by atoms with Crippen LogP contribution < -0.4 is 15.0 Å². The van der Waals surface area contributed by atoms with Crippen LogP contribution in [0.2, 0.25) is 0 Å². The lowest BCUT2D eigenvalue weighted by Crippen LogP contribution is -2.51. The Labute approximate surface area is 233 Å². The topological polar surface area (TPSA) is 122 Å². The van der Waals surface area contributed by atoms with Crippen molar-refractivity contribution in [3.8, 4) is 17.1 Å². The largest absolute Gasteiger partial charge is 0.494 e. The number of Topliss-reactive ketones (excluding diaryl/α,β-unsaturated/α-hetero) is 1. The van der Waals surface area contributed by atoms with Crippen molar-refractivity contribution in [3.63, 3.8) is 0 Å². The molecule has 0 aliphatic carbocycles. The number of rotatable bonds is 10. The van der Waals surface area contributed by atoms with E-state index in [1.54, 1.807) is 24.3 Å². The fourth-order valence-corrected chi connectivity index (χ4v) is 4.84. The summed E-state index contributed by atoms with van der Waals surface area (Å²) in [5, 5.41) is 17.3. The zero-order chi connectivity index (χ0) is 28.4. The highest BCUT2D eigenvalue weighted by molar-refractivity contribution is 6.02. The van der Waals surface area contributed by atoms with Crippen molar-refractivity contribution in [3.05, 3.63) is 66.2 Å². The van der Waals surface area contributed by atoms with E-state index in [1.807, 2.05) is 68.5 Å². The number of nitrogens with zero attached hydrogens (tertiary/aromatic N) is 7. The Hall–Kier alpha value is -4.35. The number of ether oxygens (including phenoxy) is 1. The lowest BCUT2D eigenvalue weighted by Gasteiger charge is -2.40. The van der Waals surface area contributed by atoms with Gasteiger partial charge in [0, 0.05) is 58.1 Å². The number of anilines is 4. The number of nitrogens with one attached hydrogen (secondary N) is 1. The molecule has 1 aromatic carbocycles. The molecule has 1 aliphatic heterocycles. The lowest BCUT2D eigenvalue weighted by atomic mass is 10.0. The summed E-state index contributed by atoms with van der Waals surface area (Å²) >= 11 is 0. The van der Waals surface area contributed by atoms with Crippen molar-refractivity contribution in [2.45, 2.75) is 32.4 Å². The van der Waals surface area contributed by atoms with Gasteiger partial charge in [0.25, 0.3) is 0 Å². The Morgan fingerprint density at radius 1 is 1.15 bits per heavy atom. The van der Waals surface area contributed by atoms with Gasteiger partial charge in [-0.15, -0.1) is 0 Å². The highest BCUT2D eigenvalue weighted by Crippen LogP contribution is 2.41. The maximum atomic E-state index is 12.9. The number of ketones is 1. The van der Waals surface area contributed by atoms with Gasteiger partial charge in [0.2, 0.25) is 0 Å².